The van der Waals surface area contributed by atoms with Gasteiger partial charge in [-0.15, -0.1) is 0 Å². The first-order valence-electron chi connectivity index (χ1n) is 9.45. The summed E-state index contributed by atoms with van der Waals surface area (Å²) in [5, 5.41) is 2.79. The maximum Gasteiger partial charge on any atom is 0.240 e. The molecule has 7 nitrogen and oxygen atoms in total. The standard InChI is InChI=1S/C19H29N3O4S/c1-3-4-18(23)22-13-9-16(10-14-22)19(24)20-11-12-21-27(25,26)17-7-5-15(2)6-8-17/h5-8,16,21H,3-4,9-14H2,1-2H3,(H,20,24). The summed E-state index contributed by atoms with van der Waals surface area (Å²) in [6.45, 7) is 5.46. The van der Waals surface area contributed by atoms with Crippen molar-refractivity contribution in [3.05, 3.63) is 29.8 Å². The van der Waals surface area contributed by atoms with Gasteiger partial charge in [-0.05, 0) is 38.3 Å². The van der Waals surface area contributed by atoms with Crippen LogP contribution in [-0.2, 0) is 19.6 Å². The summed E-state index contributed by atoms with van der Waals surface area (Å²) in [5.74, 6) is -0.0432. The van der Waals surface area contributed by atoms with Crippen molar-refractivity contribution in [1.82, 2.24) is 14.9 Å². The molecule has 1 fully saturated rings. The molecule has 2 amide bonds. The molecule has 0 aliphatic carbocycles. The summed E-state index contributed by atoms with van der Waals surface area (Å²) >= 11 is 0. The molecule has 1 aromatic carbocycles. The third-order valence-electron chi connectivity index (χ3n) is 4.73. The lowest BCUT2D eigenvalue weighted by atomic mass is 9.95. The SMILES string of the molecule is CCCC(=O)N1CCC(C(=O)NCCNS(=O)(=O)c2ccc(C)cc2)CC1. The minimum atomic E-state index is -3.57. The van der Waals surface area contributed by atoms with E-state index >= 15 is 0 Å². The minimum Gasteiger partial charge on any atom is -0.355 e. The molecule has 2 rings (SSSR count). The Hall–Kier alpha value is -1.93. The Kier molecular flexibility index (Phi) is 7.79. The quantitative estimate of drug-likeness (QED) is 0.651. The Morgan fingerprint density at radius 1 is 1.11 bits per heavy atom. The van der Waals surface area contributed by atoms with Crippen molar-refractivity contribution in [2.45, 2.75) is 44.4 Å². The van der Waals surface area contributed by atoms with Crippen molar-refractivity contribution >= 4 is 21.8 Å². The third kappa shape index (κ3) is 6.32. The Labute approximate surface area is 161 Å². The van der Waals surface area contributed by atoms with Crippen molar-refractivity contribution < 1.29 is 18.0 Å². The molecule has 1 heterocycles. The number of rotatable bonds is 8. The van der Waals surface area contributed by atoms with Crippen LogP contribution < -0.4 is 10.0 Å². The second-order valence-electron chi connectivity index (χ2n) is 6.91. The summed E-state index contributed by atoms with van der Waals surface area (Å²) in [5.41, 5.74) is 0.989. The molecule has 0 bridgehead atoms. The van der Waals surface area contributed by atoms with Crippen molar-refractivity contribution in [3.63, 3.8) is 0 Å². The summed E-state index contributed by atoms with van der Waals surface area (Å²) in [4.78, 5) is 26.1. The molecule has 2 N–H and O–H groups in total. The van der Waals surface area contributed by atoms with Gasteiger partial charge in [-0.1, -0.05) is 24.6 Å². The molecule has 0 radical (unpaired) electrons. The topological polar surface area (TPSA) is 95.6 Å². The molecule has 0 atom stereocenters. The van der Waals surface area contributed by atoms with E-state index in [1.165, 1.54) is 0 Å². The van der Waals surface area contributed by atoms with E-state index in [0.29, 0.717) is 32.4 Å². The largest absolute Gasteiger partial charge is 0.355 e. The van der Waals surface area contributed by atoms with Crippen LogP contribution in [0.2, 0.25) is 0 Å². The summed E-state index contributed by atoms with van der Waals surface area (Å²) < 4.78 is 26.9. The van der Waals surface area contributed by atoms with E-state index in [4.69, 9.17) is 0 Å². The van der Waals surface area contributed by atoms with Crippen LogP contribution in [0.3, 0.4) is 0 Å². The van der Waals surface area contributed by atoms with E-state index in [-0.39, 0.29) is 35.7 Å². The van der Waals surface area contributed by atoms with Gasteiger partial charge in [0.05, 0.1) is 4.90 Å². The Balaban J connectivity index is 1.71. The number of nitrogens with one attached hydrogen (secondary N) is 2. The van der Waals surface area contributed by atoms with Crippen LogP contribution >= 0.6 is 0 Å². The van der Waals surface area contributed by atoms with E-state index in [9.17, 15) is 18.0 Å². The number of piperidine rings is 1. The predicted octanol–water partition coefficient (Wildman–Crippen LogP) is 1.43. The molecule has 8 heteroatoms. The number of aryl methyl sites for hydroxylation is 1. The normalized spacial score (nSPS) is 15.6. The van der Waals surface area contributed by atoms with Crippen LogP contribution in [0.4, 0.5) is 0 Å². The van der Waals surface area contributed by atoms with Crippen molar-refractivity contribution in [2.24, 2.45) is 5.92 Å². The van der Waals surface area contributed by atoms with Crippen molar-refractivity contribution in [1.29, 1.82) is 0 Å². The molecule has 0 unspecified atom stereocenters. The molecule has 0 spiro atoms. The van der Waals surface area contributed by atoms with Gasteiger partial charge in [0, 0.05) is 38.5 Å². The zero-order valence-electron chi connectivity index (χ0n) is 16.0. The van der Waals surface area contributed by atoms with Crippen LogP contribution in [-0.4, -0.2) is 51.3 Å². The first-order valence-corrected chi connectivity index (χ1v) is 10.9. The fourth-order valence-electron chi connectivity index (χ4n) is 3.08. The van der Waals surface area contributed by atoms with Gasteiger partial charge >= 0.3 is 0 Å². The zero-order chi connectivity index (χ0) is 19.9. The van der Waals surface area contributed by atoms with Gasteiger partial charge in [-0.3, -0.25) is 9.59 Å². The fraction of sp³-hybridized carbons (Fsp3) is 0.579. The smallest absolute Gasteiger partial charge is 0.240 e. The molecule has 1 aliphatic rings. The van der Waals surface area contributed by atoms with Gasteiger partial charge < -0.3 is 10.2 Å². The number of carbonyl (C=O) groups is 2. The fourth-order valence-corrected chi connectivity index (χ4v) is 4.11. The zero-order valence-corrected chi connectivity index (χ0v) is 16.8. The van der Waals surface area contributed by atoms with Crippen LogP contribution in [0.1, 0.15) is 38.2 Å². The van der Waals surface area contributed by atoms with Crippen LogP contribution in [0.25, 0.3) is 0 Å². The molecule has 150 valence electrons. The number of nitrogens with zero attached hydrogens (tertiary/aromatic N) is 1. The molecule has 1 aromatic rings. The third-order valence-corrected chi connectivity index (χ3v) is 6.21. The number of likely N-dealkylation sites (tertiary alicyclic amines) is 1. The highest BCUT2D eigenvalue weighted by molar-refractivity contribution is 7.89. The molecule has 0 aromatic heterocycles. The summed E-state index contributed by atoms with van der Waals surface area (Å²) in [6, 6.07) is 6.61. The molecule has 1 aliphatic heterocycles. The monoisotopic (exact) mass is 395 g/mol. The number of sulfonamides is 1. The van der Waals surface area contributed by atoms with Crippen LogP contribution in [0.5, 0.6) is 0 Å². The second-order valence-corrected chi connectivity index (χ2v) is 8.67. The molecule has 27 heavy (non-hydrogen) atoms. The van der Waals surface area contributed by atoms with Gasteiger partial charge in [-0.25, -0.2) is 13.1 Å². The molecule has 1 saturated heterocycles. The maximum atomic E-state index is 12.2. The average molecular weight is 396 g/mol. The molecular weight excluding hydrogens is 366 g/mol. The Morgan fingerprint density at radius 3 is 2.33 bits per heavy atom. The lowest BCUT2D eigenvalue weighted by molar-refractivity contribution is -0.135. The van der Waals surface area contributed by atoms with Gasteiger partial charge in [0.25, 0.3) is 0 Å². The van der Waals surface area contributed by atoms with Crippen LogP contribution in [0.15, 0.2) is 29.2 Å². The van der Waals surface area contributed by atoms with Crippen LogP contribution in [0, 0.1) is 12.8 Å². The van der Waals surface area contributed by atoms with Crippen molar-refractivity contribution in [3.8, 4) is 0 Å². The van der Waals surface area contributed by atoms with E-state index < -0.39 is 10.0 Å². The Morgan fingerprint density at radius 2 is 1.74 bits per heavy atom. The summed E-state index contributed by atoms with van der Waals surface area (Å²) in [7, 11) is -3.57. The van der Waals surface area contributed by atoms with Crippen molar-refractivity contribution in [2.75, 3.05) is 26.2 Å². The number of hydrogen-bond acceptors (Lipinski definition) is 4. The number of hydrogen-bond donors (Lipinski definition) is 2. The molecular formula is C19H29N3O4S. The van der Waals surface area contributed by atoms with E-state index in [1.54, 1.807) is 24.3 Å². The second kappa shape index (κ2) is 9.85. The number of benzene rings is 1. The predicted molar refractivity (Wildman–Crippen MR) is 104 cm³/mol. The van der Waals surface area contributed by atoms with E-state index in [1.807, 2.05) is 18.7 Å². The highest BCUT2D eigenvalue weighted by Crippen LogP contribution is 2.18. The first kappa shape index (κ1) is 21.4. The lowest BCUT2D eigenvalue weighted by Crippen LogP contribution is -2.44. The maximum absolute atomic E-state index is 12.2. The summed E-state index contributed by atoms with van der Waals surface area (Å²) in [6.07, 6.45) is 2.68. The highest BCUT2D eigenvalue weighted by Gasteiger charge is 2.26. The average Bonchev–Trinajstić information content (AvgIpc) is 2.66. The lowest BCUT2D eigenvalue weighted by Gasteiger charge is -2.31. The Bertz CT molecular complexity index is 739. The van der Waals surface area contributed by atoms with E-state index in [0.717, 1.165) is 12.0 Å². The number of amides is 2. The van der Waals surface area contributed by atoms with E-state index in [2.05, 4.69) is 10.0 Å². The minimum absolute atomic E-state index is 0.0767. The highest BCUT2D eigenvalue weighted by atomic mass is 32.2. The van der Waals surface area contributed by atoms with Gasteiger partial charge in [0.15, 0.2) is 0 Å². The van der Waals surface area contributed by atoms with Gasteiger partial charge in [-0.2, -0.15) is 0 Å². The first-order chi connectivity index (χ1) is 12.8. The number of carbonyl (C=O) groups excluding carboxylic acids is 2. The molecule has 0 saturated carbocycles. The van der Waals surface area contributed by atoms with Gasteiger partial charge in [0.2, 0.25) is 21.8 Å². The van der Waals surface area contributed by atoms with Gasteiger partial charge in [0.1, 0.15) is 0 Å².